The molecule has 0 spiro atoms. The Bertz CT molecular complexity index is 593. The van der Waals surface area contributed by atoms with E-state index in [0.717, 1.165) is 13.0 Å². The average Bonchev–Trinajstić information content (AvgIpc) is 2.38. The molecule has 1 nitrogen and oxygen atoms in total. The maximum atomic E-state index is 2.36. The van der Waals surface area contributed by atoms with Crippen molar-refractivity contribution in [1.29, 1.82) is 0 Å². The minimum atomic E-state index is 0. The predicted octanol–water partition coefficient (Wildman–Crippen LogP) is 0.614. The second-order valence-corrected chi connectivity index (χ2v) is 5.50. The van der Waals surface area contributed by atoms with E-state index in [-0.39, 0.29) is 17.0 Å². The van der Waals surface area contributed by atoms with Crippen molar-refractivity contribution in [3.05, 3.63) is 63.2 Å². The highest BCUT2D eigenvalue weighted by atomic mass is 127. The first-order chi connectivity index (χ1) is 8.33. The number of halogens is 2. The number of nitrogens with zero attached hydrogens (tertiary/aromatic N) is 1. The SMILES string of the molecule is Ic1cccc([N+]2=Cc3ccccc3CC2)c1.[Br-]. The summed E-state index contributed by atoms with van der Waals surface area (Å²) in [5.41, 5.74) is 4.08. The Kier molecular flexibility index (Phi) is 4.56. The van der Waals surface area contributed by atoms with Gasteiger partial charge in [-0.2, -0.15) is 4.58 Å². The second-order valence-electron chi connectivity index (χ2n) is 4.25. The van der Waals surface area contributed by atoms with Gasteiger partial charge in [-0.05, 0) is 40.3 Å². The molecule has 3 heteroatoms. The van der Waals surface area contributed by atoms with Crippen LogP contribution in [0.4, 0.5) is 5.69 Å². The lowest BCUT2D eigenvalue weighted by atomic mass is 10.0. The first-order valence-corrected chi connectivity index (χ1v) is 6.86. The number of fused-ring (bicyclic) bond motifs is 1. The van der Waals surface area contributed by atoms with Crippen LogP contribution in [-0.4, -0.2) is 17.3 Å². The molecule has 0 unspecified atom stereocenters. The maximum Gasteiger partial charge on any atom is 0.206 e. The monoisotopic (exact) mass is 413 g/mol. The average molecular weight is 414 g/mol. The van der Waals surface area contributed by atoms with Crippen LogP contribution in [0.15, 0.2) is 48.5 Å². The smallest absolute Gasteiger partial charge is 0.206 e. The van der Waals surface area contributed by atoms with E-state index in [4.69, 9.17) is 0 Å². The molecule has 18 heavy (non-hydrogen) atoms. The molecular weight excluding hydrogens is 401 g/mol. The van der Waals surface area contributed by atoms with Crippen molar-refractivity contribution in [3.63, 3.8) is 0 Å². The van der Waals surface area contributed by atoms with Gasteiger partial charge in [0.05, 0.1) is 0 Å². The molecule has 0 amide bonds. The fourth-order valence-electron chi connectivity index (χ4n) is 2.22. The Hall–Kier alpha value is -0.680. The van der Waals surface area contributed by atoms with Gasteiger partial charge in [0, 0.05) is 27.7 Å². The topological polar surface area (TPSA) is 3.01 Å². The van der Waals surface area contributed by atoms with E-state index in [0.29, 0.717) is 0 Å². The Morgan fingerprint density at radius 3 is 2.67 bits per heavy atom. The molecule has 1 aliphatic heterocycles. The zero-order valence-corrected chi connectivity index (χ0v) is 13.6. The van der Waals surface area contributed by atoms with Crippen molar-refractivity contribution in [2.45, 2.75) is 6.42 Å². The molecule has 0 aromatic heterocycles. The summed E-state index contributed by atoms with van der Waals surface area (Å²) in [7, 11) is 0. The standard InChI is InChI=1S/C15H13IN.BrH/c16-14-6-3-7-15(10-14)17-9-8-12-4-1-2-5-13(12)11-17;/h1-7,10-11H,8-9H2;1H/q+1;/p-1. The summed E-state index contributed by atoms with van der Waals surface area (Å²) in [5.74, 6) is 0. The second kappa shape index (κ2) is 5.97. The highest BCUT2D eigenvalue weighted by Crippen LogP contribution is 2.20. The molecular formula is C15H13BrIN. The Labute approximate surface area is 131 Å². The molecule has 2 aromatic rings. The van der Waals surface area contributed by atoms with Crippen LogP contribution in [0.1, 0.15) is 11.1 Å². The van der Waals surface area contributed by atoms with E-state index in [1.165, 1.54) is 20.4 Å². The van der Waals surface area contributed by atoms with Gasteiger partial charge < -0.3 is 17.0 Å². The Balaban J connectivity index is 0.00000120. The van der Waals surface area contributed by atoms with Gasteiger partial charge in [-0.1, -0.05) is 24.3 Å². The molecule has 1 heterocycles. The van der Waals surface area contributed by atoms with Crippen LogP contribution in [-0.2, 0) is 6.42 Å². The van der Waals surface area contributed by atoms with Gasteiger partial charge in [0.2, 0.25) is 5.69 Å². The molecule has 0 atom stereocenters. The summed E-state index contributed by atoms with van der Waals surface area (Å²) < 4.78 is 3.62. The van der Waals surface area contributed by atoms with Crippen molar-refractivity contribution in [1.82, 2.24) is 0 Å². The summed E-state index contributed by atoms with van der Waals surface area (Å²) in [6, 6.07) is 17.3. The summed E-state index contributed by atoms with van der Waals surface area (Å²) in [6.07, 6.45) is 3.38. The van der Waals surface area contributed by atoms with E-state index in [2.05, 4.69) is 81.9 Å². The molecule has 0 bridgehead atoms. The summed E-state index contributed by atoms with van der Waals surface area (Å²) in [5, 5.41) is 0. The van der Waals surface area contributed by atoms with E-state index in [1.807, 2.05) is 0 Å². The summed E-state index contributed by atoms with van der Waals surface area (Å²) >= 11 is 2.36. The fourth-order valence-corrected chi connectivity index (χ4v) is 2.75. The summed E-state index contributed by atoms with van der Waals surface area (Å²) in [6.45, 7) is 1.07. The van der Waals surface area contributed by atoms with Gasteiger partial charge >= 0.3 is 0 Å². The van der Waals surface area contributed by atoms with E-state index >= 15 is 0 Å². The van der Waals surface area contributed by atoms with E-state index in [9.17, 15) is 0 Å². The zero-order valence-electron chi connectivity index (χ0n) is 9.81. The van der Waals surface area contributed by atoms with Crippen molar-refractivity contribution >= 4 is 34.5 Å². The van der Waals surface area contributed by atoms with Crippen LogP contribution in [0.2, 0.25) is 0 Å². The van der Waals surface area contributed by atoms with Gasteiger partial charge in [0.1, 0.15) is 0 Å². The lowest BCUT2D eigenvalue weighted by Gasteiger charge is -2.11. The lowest BCUT2D eigenvalue weighted by Crippen LogP contribution is -3.00. The third kappa shape index (κ3) is 2.83. The number of hydrogen-bond acceptors (Lipinski definition) is 0. The Morgan fingerprint density at radius 1 is 1.00 bits per heavy atom. The van der Waals surface area contributed by atoms with Gasteiger partial charge in [0.15, 0.2) is 12.8 Å². The number of benzene rings is 2. The van der Waals surface area contributed by atoms with Crippen molar-refractivity contribution in [3.8, 4) is 0 Å². The van der Waals surface area contributed by atoms with Gasteiger partial charge in [0.25, 0.3) is 0 Å². The molecule has 92 valence electrons. The maximum absolute atomic E-state index is 2.36. The van der Waals surface area contributed by atoms with Gasteiger partial charge in [-0.3, -0.25) is 0 Å². The summed E-state index contributed by atoms with van der Waals surface area (Å²) in [4.78, 5) is 0. The fraction of sp³-hybridized carbons (Fsp3) is 0.133. The molecule has 0 saturated heterocycles. The molecule has 0 radical (unpaired) electrons. The molecule has 1 aliphatic rings. The van der Waals surface area contributed by atoms with Crippen molar-refractivity contribution in [2.75, 3.05) is 6.54 Å². The highest BCUT2D eigenvalue weighted by molar-refractivity contribution is 14.1. The first kappa shape index (κ1) is 13.7. The number of hydrogen-bond donors (Lipinski definition) is 0. The molecule has 0 aliphatic carbocycles. The minimum absolute atomic E-state index is 0. The third-order valence-corrected chi connectivity index (χ3v) is 3.78. The van der Waals surface area contributed by atoms with Crippen LogP contribution >= 0.6 is 22.6 Å². The van der Waals surface area contributed by atoms with Crippen molar-refractivity contribution in [2.24, 2.45) is 0 Å². The highest BCUT2D eigenvalue weighted by Gasteiger charge is 2.17. The van der Waals surface area contributed by atoms with Crippen LogP contribution in [0.5, 0.6) is 0 Å². The van der Waals surface area contributed by atoms with E-state index < -0.39 is 0 Å². The van der Waals surface area contributed by atoms with Crippen LogP contribution < -0.4 is 17.0 Å². The van der Waals surface area contributed by atoms with Gasteiger partial charge in [-0.25, -0.2) is 0 Å². The zero-order chi connectivity index (χ0) is 11.7. The number of rotatable bonds is 1. The normalized spacial score (nSPS) is 13.3. The molecule has 2 aromatic carbocycles. The quantitative estimate of drug-likeness (QED) is 0.476. The minimum Gasteiger partial charge on any atom is -1.00 e. The molecule has 3 rings (SSSR count). The van der Waals surface area contributed by atoms with Crippen molar-refractivity contribution < 1.29 is 21.6 Å². The third-order valence-electron chi connectivity index (χ3n) is 3.11. The molecule has 0 N–H and O–H groups in total. The predicted molar refractivity (Wildman–Crippen MR) is 79.3 cm³/mol. The van der Waals surface area contributed by atoms with Crippen LogP contribution in [0, 0.1) is 3.57 Å². The van der Waals surface area contributed by atoms with Crippen LogP contribution in [0.25, 0.3) is 0 Å². The molecule has 0 saturated carbocycles. The van der Waals surface area contributed by atoms with Crippen LogP contribution in [0.3, 0.4) is 0 Å². The van der Waals surface area contributed by atoms with Gasteiger partial charge in [-0.15, -0.1) is 0 Å². The van der Waals surface area contributed by atoms with E-state index in [1.54, 1.807) is 0 Å². The lowest BCUT2D eigenvalue weighted by molar-refractivity contribution is -0.436. The largest absolute Gasteiger partial charge is 1.00 e. The Morgan fingerprint density at radius 2 is 1.83 bits per heavy atom. The first-order valence-electron chi connectivity index (χ1n) is 5.78. The molecule has 0 fully saturated rings.